The van der Waals surface area contributed by atoms with Crippen LogP contribution in [0.15, 0.2) is 41.5 Å². The molecule has 0 aliphatic carbocycles. The topological polar surface area (TPSA) is 81.9 Å². The van der Waals surface area contributed by atoms with Crippen LogP contribution in [-0.2, 0) is 0 Å². The van der Waals surface area contributed by atoms with Gasteiger partial charge in [-0.25, -0.2) is 5.43 Å². The summed E-state index contributed by atoms with van der Waals surface area (Å²) in [7, 11) is 0. The maximum atomic E-state index is 12.0. The summed E-state index contributed by atoms with van der Waals surface area (Å²) in [4.78, 5) is 12.0. The first kappa shape index (κ1) is 16.1. The second-order valence-corrected chi connectivity index (χ2v) is 5.31. The molecule has 0 unspecified atom stereocenters. The number of nitrogens with zero attached hydrogens (tertiary/aromatic N) is 1. The average Bonchev–Trinajstić information content (AvgIpc) is 2.44. The number of phenolic OH excluding ortho intramolecular Hbond substituents is 2. The van der Waals surface area contributed by atoms with Crippen LogP contribution in [0.1, 0.15) is 22.8 Å². The fraction of sp³-hybridized carbons (Fsp3) is 0.0667. The van der Waals surface area contributed by atoms with Crippen LogP contribution < -0.4 is 5.43 Å². The lowest BCUT2D eigenvalue weighted by molar-refractivity contribution is 0.0955. The highest BCUT2D eigenvalue weighted by atomic mass is 35.5. The summed E-state index contributed by atoms with van der Waals surface area (Å²) in [5, 5.41) is 23.5. The van der Waals surface area contributed by atoms with Crippen molar-refractivity contribution in [2.24, 2.45) is 5.10 Å². The Morgan fingerprint density at radius 3 is 2.41 bits per heavy atom. The first-order valence-electron chi connectivity index (χ1n) is 6.20. The Balaban J connectivity index is 2.18. The molecular weight excluding hydrogens is 327 g/mol. The van der Waals surface area contributed by atoms with Crippen molar-refractivity contribution in [2.45, 2.75) is 6.92 Å². The fourth-order valence-electron chi connectivity index (χ4n) is 1.75. The van der Waals surface area contributed by atoms with Gasteiger partial charge in [0.15, 0.2) is 0 Å². The Bertz CT molecular complexity index is 760. The van der Waals surface area contributed by atoms with Crippen LogP contribution in [0.5, 0.6) is 11.5 Å². The van der Waals surface area contributed by atoms with Crippen LogP contribution in [0.25, 0.3) is 0 Å². The third-order valence-electron chi connectivity index (χ3n) is 2.87. The summed E-state index contributed by atoms with van der Waals surface area (Å²) < 4.78 is 0. The maximum absolute atomic E-state index is 12.0. The highest BCUT2D eigenvalue weighted by molar-refractivity contribution is 6.36. The normalized spacial score (nSPS) is 11.3. The molecule has 2 aromatic carbocycles. The molecule has 1 amide bonds. The van der Waals surface area contributed by atoms with E-state index in [4.69, 9.17) is 23.2 Å². The third kappa shape index (κ3) is 3.69. The van der Waals surface area contributed by atoms with E-state index < -0.39 is 5.91 Å². The molecule has 0 radical (unpaired) electrons. The molecule has 0 bridgehead atoms. The molecule has 0 saturated carbocycles. The number of phenols is 2. The van der Waals surface area contributed by atoms with Crippen LogP contribution in [0.3, 0.4) is 0 Å². The van der Waals surface area contributed by atoms with Gasteiger partial charge >= 0.3 is 0 Å². The van der Waals surface area contributed by atoms with E-state index in [0.717, 1.165) is 0 Å². The quantitative estimate of drug-likeness (QED) is 0.591. The zero-order valence-corrected chi connectivity index (χ0v) is 13.0. The molecule has 0 heterocycles. The molecule has 2 aromatic rings. The molecule has 0 aliphatic heterocycles. The van der Waals surface area contributed by atoms with Crippen molar-refractivity contribution in [1.82, 2.24) is 5.43 Å². The number of carbonyl (C=O) groups excluding carboxylic acids is 1. The molecular formula is C15H12Cl2N2O3. The minimum atomic E-state index is -0.501. The number of carbonyl (C=O) groups is 1. The van der Waals surface area contributed by atoms with E-state index in [1.807, 2.05) is 0 Å². The first-order valence-corrected chi connectivity index (χ1v) is 6.96. The lowest BCUT2D eigenvalue weighted by atomic mass is 10.1. The van der Waals surface area contributed by atoms with E-state index >= 15 is 0 Å². The standard InChI is InChI=1S/C15H12Cl2N2O3/c1-8(11-5-3-10(20)7-14(11)21)18-19-15(22)12-4-2-9(16)6-13(12)17/h2-7,20-21H,1H3,(H,19,22). The van der Waals surface area contributed by atoms with Gasteiger partial charge in [-0.15, -0.1) is 0 Å². The summed E-state index contributed by atoms with van der Waals surface area (Å²) >= 11 is 11.7. The number of hydrazone groups is 1. The van der Waals surface area contributed by atoms with Gasteiger partial charge in [-0.2, -0.15) is 5.10 Å². The second-order valence-electron chi connectivity index (χ2n) is 4.46. The average molecular weight is 339 g/mol. The number of halogens is 2. The van der Waals surface area contributed by atoms with Gasteiger partial charge in [0.2, 0.25) is 0 Å². The van der Waals surface area contributed by atoms with Crippen LogP contribution in [0, 0.1) is 0 Å². The lowest BCUT2D eigenvalue weighted by Crippen LogP contribution is -2.19. The lowest BCUT2D eigenvalue weighted by Gasteiger charge is -2.06. The van der Waals surface area contributed by atoms with Crippen molar-refractivity contribution in [1.29, 1.82) is 0 Å². The molecule has 3 N–H and O–H groups in total. The second kappa shape index (κ2) is 6.68. The molecule has 0 aromatic heterocycles. The summed E-state index contributed by atoms with van der Waals surface area (Å²) in [5.41, 5.74) is 3.34. The Morgan fingerprint density at radius 2 is 1.77 bits per heavy atom. The highest BCUT2D eigenvalue weighted by Gasteiger charge is 2.11. The van der Waals surface area contributed by atoms with Crippen LogP contribution in [0.4, 0.5) is 0 Å². The zero-order valence-electron chi connectivity index (χ0n) is 11.5. The minimum absolute atomic E-state index is 0.0639. The van der Waals surface area contributed by atoms with E-state index in [-0.39, 0.29) is 22.1 Å². The predicted molar refractivity (Wildman–Crippen MR) is 85.9 cm³/mol. The third-order valence-corrected chi connectivity index (χ3v) is 3.42. The number of rotatable bonds is 3. The molecule has 114 valence electrons. The highest BCUT2D eigenvalue weighted by Crippen LogP contribution is 2.23. The number of hydrogen-bond acceptors (Lipinski definition) is 4. The van der Waals surface area contributed by atoms with Gasteiger partial charge in [0.05, 0.1) is 16.3 Å². The van der Waals surface area contributed by atoms with Crippen LogP contribution in [0.2, 0.25) is 10.0 Å². The Labute approximate surface area is 136 Å². The summed E-state index contributed by atoms with van der Waals surface area (Å²) in [5.74, 6) is -0.703. The zero-order chi connectivity index (χ0) is 16.3. The van der Waals surface area contributed by atoms with E-state index in [9.17, 15) is 15.0 Å². The van der Waals surface area contributed by atoms with Gasteiger partial charge in [-0.1, -0.05) is 23.2 Å². The Hall–Kier alpha value is -2.24. The summed E-state index contributed by atoms with van der Waals surface area (Å²) in [6.07, 6.45) is 0. The van der Waals surface area contributed by atoms with Crippen molar-refractivity contribution in [3.63, 3.8) is 0 Å². The van der Waals surface area contributed by atoms with Gasteiger partial charge in [0, 0.05) is 16.7 Å². The van der Waals surface area contributed by atoms with E-state index in [2.05, 4.69) is 10.5 Å². The molecule has 0 spiro atoms. The van der Waals surface area contributed by atoms with Crippen molar-refractivity contribution in [3.8, 4) is 11.5 Å². The molecule has 5 nitrogen and oxygen atoms in total. The van der Waals surface area contributed by atoms with E-state index in [0.29, 0.717) is 16.3 Å². The monoisotopic (exact) mass is 338 g/mol. The maximum Gasteiger partial charge on any atom is 0.272 e. The van der Waals surface area contributed by atoms with Crippen molar-refractivity contribution in [3.05, 3.63) is 57.6 Å². The van der Waals surface area contributed by atoms with Crippen molar-refractivity contribution in [2.75, 3.05) is 0 Å². The Kier molecular flexibility index (Phi) is 4.90. The van der Waals surface area contributed by atoms with Crippen LogP contribution in [-0.4, -0.2) is 21.8 Å². The van der Waals surface area contributed by atoms with Gasteiger partial charge < -0.3 is 10.2 Å². The number of hydrogen-bond donors (Lipinski definition) is 3. The molecule has 7 heteroatoms. The fourth-order valence-corrected chi connectivity index (χ4v) is 2.25. The van der Waals surface area contributed by atoms with Gasteiger partial charge in [-0.3, -0.25) is 4.79 Å². The number of nitrogens with one attached hydrogen (secondary N) is 1. The van der Waals surface area contributed by atoms with Gasteiger partial charge in [0.1, 0.15) is 11.5 Å². The number of aromatic hydroxyl groups is 2. The summed E-state index contributed by atoms with van der Waals surface area (Å²) in [6, 6.07) is 8.58. The molecule has 2 rings (SSSR count). The van der Waals surface area contributed by atoms with Crippen molar-refractivity contribution < 1.29 is 15.0 Å². The largest absolute Gasteiger partial charge is 0.508 e. The predicted octanol–water partition coefficient (Wildman–Crippen LogP) is 3.56. The van der Waals surface area contributed by atoms with Gasteiger partial charge in [0.25, 0.3) is 5.91 Å². The number of amides is 1. The van der Waals surface area contributed by atoms with Gasteiger partial charge in [-0.05, 0) is 37.3 Å². The SMILES string of the molecule is CC(=NNC(=O)c1ccc(Cl)cc1Cl)c1ccc(O)cc1O. The molecule has 22 heavy (non-hydrogen) atoms. The number of benzene rings is 2. The van der Waals surface area contributed by atoms with Crippen molar-refractivity contribution >= 4 is 34.8 Å². The first-order chi connectivity index (χ1) is 10.4. The van der Waals surface area contributed by atoms with Crippen LogP contribution >= 0.6 is 23.2 Å². The van der Waals surface area contributed by atoms with E-state index in [1.54, 1.807) is 13.0 Å². The smallest absolute Gasteiger partial charge is 0.272 e. The molecule has 0 saturated heterocycles. The molecule has 0 atom stereocenters. The Morgan fingerprint density at radius 1 is 1.09 bits per heavy atom. The molecule has 0 fully saturated rings. The van der Waals surface area contributed by atoms with E-state index in [1.165, 1.54) is 30.3 Å². The minimum Gasteiger partial charge on any atom is -0.508 e. The molecule has 0 aliphatic rings. The summed E-state index contributed by atoms with van der Waals surface area (Å²) in [6.45, 7) is 1.61.